The summed E-state index contributed by atoms with van der Waals surface area (Å²) in [5.41, 5.74) is 2.04. The number of anilines is 1. The molecule has 2 aromatic heterocycles. The topological polar surface area (TPSA) is 89.4 Å². The number of aromatic nitrogens is 3. The van der Waals surface area contributed by atoms with E-state index in [1.165, 1.54) is 23.1 Å². The minimum Gasteiger partial charge on any atom is -0.379 e. The molecule has 2 aliphatic rings. The Morgan fingerprint density at radius 1 is 1.24 bits per heavy atom. The number of morpholine rings is 1. The van der Waals surface area contributed by atoms with Crippen LogP contribution in [0.15, 0.2) is 21.4 Å². The number of hydrogen-bond acceptors (Lipinski definition) is 8. The zero-order valence-corrected chi connectivity index (χ0v) is 17.9. The van der Waals surface area contributed by atoms with Crippen molar-refractivity contribution >= 4 is 34.1 Å². The Labute approximate surface area is 177 Å². The van der Waals surface area contributed by atoms with Crippen molar-refractivity contribution in [2.75, 3.05) is 43.9 Å². The van der Waals surface area contributed by atoms with Gasteiger partial charge in [0.25, 0.3) is 0 Å². The SMILES string of the molecule is O=C(CSc1nc(=O)n(CCN2CCOCC2)c2c1CCCC2)Nc1nccs1. The van der Waals surface area contributed by atoms with Gasteiger partial charge in [0, 0.05) is 49.0 Å². The van der Waals surface area contributed by atoms with Gasteiger partial charge in [-0.05, 0) is 25.7 Å². The van der Waals surface area contributed by atoms with Gasteiger partial charge >= 0.3 is 5.69 Å². The number of rotatable bonds is 7. The van der Waals surface area contributed by atoms with Gasteiger partial charge in [-0.15, -0.1) is 11.3 Å². The standard InChI is InChI=1S/C19H25N5O3S2/c25-16(21-18-20-5-12-28-18)13-29-17-14-3-1-2-4-15(14)24(19(26)22-17)7-6-23-8-10-27-11-9-23/h5,12H,1-4,6-11,13H2,(H,20,21,25). The Kier molecular flexibility index (Phi) is 6.96. The van der Waals surface area contributed by atoms with Crippen LogP contribution in [0.25, 0.3) is 0 Å². The van der Waals surface area contributed by atoms with E-state index < -0.39 is 0 Å². The lowest BCUT2D eigenvalue weighted by molar-refractivity contribution is -0.113. The molecule has 0 aromatic carbocycles. The van der Waals surface area contributed by atoms with Crippen LogP contribution < -0.4 is 11.0 Å². The number of thioether (sulfide) groups is 1. The van der Waals surface area contributed by atoms with E-state index in [-0.39, 0.29) is 17.3 Å². The molecule has 0 bridgehead atoms. The average Bonchev–Trinajstić information content (AvgIpc) is 3.25. The number of nitrogens with zero attached hydrogens (tertiary/aromatic N) is 4. The smallest absolute Gasteiger partial charge is 0.348 e. The van der Waals surface area contributed by atoms with Gasteiger partial charge in [-0.1, -0.05) is 11.8 Å². The van der Waals surface area contributed by atoms with Crippen molar-refractivity contribution in [3.63, 3.8) is 0 Å². The third kappa shape index (κ3) is 5.25. The van der Waals surface area contributed by atoms with Crippen molar-refractivity contribution in [1.82, 2.24) is 19.4 Å². The number of fused-ring (bicyclic) bond motifs is 1. The van der Waals surface area contributed by atoms with Gasteiger partial charge in [0.15, 0.2) is 5.13 Å². The minimum absolute atomic E-state index is 0.132. The maximum Gasteiger partial charge on any atom is 0.348 e. The molecule has 4 rings (SSSR count). The molecule has 0 atom stereocenters. The molecule has 1 aliphatic carbocycles. The number of amides is 1. The van der Waals surface area contributed by atoms with Crippen LogP contribution in [0, 0.1) is 0 Å². The van der Waals surface area contributed by atoms with Crippen LogP contribution in [0.1, 0.15) is 24.1 Å². The van der Waals surface area contributed by atoms with Crippen LogP contribution in [0.5, 0.6) is 0 Å². The molecular formula is C19H25N5O3S2. The van der Waals surface area contributed by atoms with Gasteiger partial charge in [0.05, 0.1) is 19.0 Å². The fourth-order valence-corrected chi connectivity index (χ4v) is 5.16. The average molecular weight is 436 g/mol. The van der Waals surface area contributed by atoms with Crippen molar-refractivity contribution in [1.29, 1.82) is 0 Å². The quantitative estimate of drug-likeness (QED) is 0.522. The van der Waals surface area contributed by atoms with Crippen LogP contribution in [0.2, 0.25) is 0 Å². The zero-order chi connectivity index (χ0) is 20.1. The Morgan fingerprint density at radius 3 is 2.86 bits per heavy atom. The van der Waals surface area contributed by atoms with E-state index in [1.807, 2.05) is 9.95 Å². The zero-order valence-electron chi connectivity index (χ0n) is 16.3. The highest BCUT2D eigenvalue weighted by Crippen LogP contribution is 2.28. The van der Waals surface area contributed by atoms with Gasteiger partial charge in [0.1, 0.15) is 5.03 Å². The lowest BCUT2D eigenvalue weighted by atomic mass is 9.97. The lowest BCUT2D eigenvalue weighted by Crippen LogP contribution is -2.40. The number of hydrogen-bond donors (Lipinski definition) is 1. The lowest BCUT2D eigenvalue weighted by Gasteiger charge is -2.28. The van der Waals surface area contributed by atoms with Gasteiger partial charge in [-0.25, -0.2) is 9.78 Å². The van der Waals surface area contributed by atoms with Crippen molar-refractivity contribution in [2.24, 2.45) is 0 Å². The highest BCUT2D eigenvalue weighted by atomic mass is 32.2. The number of thiazole rings is 1. The molecule has 29 heavy (non-hydrogen) atoms. The molecule has 3 heterocycles. The molecule has 1 fully saturated rings. The second-order valence-electron chi connectivity index (χ2n) is 7.11. The molecule has 156 valence electrons. The summed E-state index contributed by atoms with van der Waals surface area (Å²) in [6.45, 7) is 4.82. The first-order chi connectivity index (χ1) is 14.2. The number of carbonyl (C=O) groups excluding carboxylic acids is 1. The van der Waals surface area contributed by atoms with Crippen molar-refractivity contribution < 1.29 is 9.53 Å². The molecule has 1 N–H and O–H groups in total. The Morgan fingerprint density at radius 2 is 2.07 bits per heavy atom. The van der Waals surface area contributed by atoms with E-state index in [9.17, 15) is 9.59 Å². The summed E-state index contributed by atoms with van der Waals surface area (Å²) in [6.07, 6.45) is 5.64. The normalized spacial score (nSPS) is 17.1. The molecule has 1 amide bonds. The fraction of sp³-hybridized carbons (Fsp3) is 0.579. The predicted molar refractivity (Wildman–Crippen MR) is 114 cm³/mol. The van der Waals surface area contributed by atoms with Crippen molar-refractivity contribution in [2.45, 2.75) is 37.3 Å². The summed E-state index contributed by atoms with van der Waals surface area (Å²) < 4.78 is 7.25. The van der Waals surface area contributed by atoms with Crippen molar-refractivity contribution in [3.05, 3.63) is 33.3 Å². The first-order valence-electron chi connectivity index (χ1n) is 9.95. The van der Waals surface area contributed by atoms with Gasteiger partial charge in [0.2, 0.25) is 5.91 Å². The van der Waals surface area contributed by atoms with Crippen LogP contribution in [-0.4, -0.2) is 63.9 Å². The van der Waals surface area contributed by atoms with E-state index in [2.05, 4.69) is 20.2 Å². The molecule has 2 aromatic rings. The van der Waals surface area contributed by atoms with E-state index >= 15 is 0 Å². The number of nitrogens with one attached hydrogen (secondary N) is 1. The first-order valence-corrected chi connectivity index (χ1v) is 11.8. The fourth-order valence-electron chi connectivity index (χ4n) is 3.74. The van der Waals surface area contributed by atoms with E-state index in [0.717, 1.165) is 69.8 Å². The summed E-state index contributed by atoms with van der Waals surface area (Å²) in [7, 11) is 0. The highest BCUT2D eigenvalue weighted by molar-refractivity contribution is 8.00. The summed E-state index contributed by atoms with van der Waals surface area (Å²) in [4.78, 5) is 35.7. The molecule has 8 nitrogen and oxygen atoms in total. The summed E-state index contributed by atoms with van der Waals surface area (Å²) in [6, 6.07) is 0. The van der Waals surface area contributed by atoms with Crippen LogP contribution >= 0.6 is 23.1 Å². The number of carbonyl (C=O) groups is 1. The third-order valence-electron chi connectivity index (χ3n) is 5.21. The Balaban J connectivity index is 1.46. The van der Waals surface area contributed by atoms with Gasteiger partial charge in [-0.2, -0.15) is 4.98 Å². The largest absolute Gasteiger partial charge is 0.379 e. The van der Waals surface area contributed by atoms with E-state index in [4.69, 9.17) is 4.74 Å². The second kappa shape index (κ2) is 9.84. The highest BCUT2D eigenvalue weighted by Gasteiger charge is 2.22. The molecule has 10 heteroatoms. The monoisotopic (exact) mass is 435 g/mol. The maximum absolute atomic E-state index is 12.8. The molecule has 0 saturated carbocycles. The molecule has 1 saturated heterocycles. The predicted octanol–water partition coefficient (Wildman–Crippen LogP) is 1.64. The minimum atomic E-state index is -0.207. The molecule has 1 aliphatic heterocycles. The van der Waals surface area contributed by atoms with Crippen LogP contribution in [0.4, 0.5) is 5.13 Å². The Bertz CT molecular complexity index is 894. The third-order valence-corrected chi connectivity index (χ3v) is 6.92. The summed E-state index contributed by atoms with van der Waals surface area (Å²) in [5.74, 6) is 0.0868. The van der Waals surface area contributed by atoms with E-state index in [0.29, 0.717) is 16.7 Å². The first kappa shape index (κ1) is 20.5. The van der Waals surface area contributed by atoms with Crippen molar-refractivity contribution in [3.8, 4) is 0 Å². The molecule has 0 unspecified atom stereocenters. The molecule has 0 radical (unpaired) electrons. The summed E-state index contributed by atoms with van der Waals surface area (Å²) >= 11 is 2.73. The Hall–Kier alpha value is -1.75. The maximum atomic E-state index is 12.8. The molecular weight excluding hydrogens is 410 g/mol. The second-order valence-corrected chi connectivity index (χ2v) is 8.97. The van der Waals surface area contributed by atoms with E-state index in [1.54, 1.807) is 6.20 Å². The number of ether oxygens (including phenoxy) is 1. The van der Waals surface area contributed by atoms with Crippen LogP contribution in [0.3, 0.4) is 0 Å². The van der Waals surface area contributed by atoms with Gasteiger partial charge in [-0.3, -0.25) is 14.3 Å². The molecule has 0 spiro atoms. The summed E-state index contributed by atoms with van der Waals surface area (Å²) in [5, 5.41) is 5.89. The van der Waals surface area contributed by atoms with Crippen LogP contribution in [-0.2, 0) is 28.9 Å². The van der Waals surface area contributed by atoms with Gasteiger partial charge < -0.3 is 10.1 Å².